The summed E-state index contributed by atoms with van der Waals surface area (Å²) in [7, 11) is 0. The maximum absolute atomic E-state index is 12.3. The molecule has 0 radical (unpaired) electrons. The van der Waals surface area contributed by atoms with Crippen molar-refractivity contribution in [2.24, 2.45) is 0 Å². The molecule has 2 aromatic rings. The molecule has 1 unspecified atom stereocenters. The summed E-state index contributed by atoms with van der Waals surface area (Å²) >= 11 is 0. The van der Waals surface area contributed by atoms with Crippen molar-refractivity contribution < 1.29 is 19.1 Å². The van der Waals surface area contributed by atoms with Crippen LogP contribution in [0.4, 0.5) is 0 Å². The Morgan fingerprint density at radius 3 is 2.91 bits per heavy atom. The lowest BCUT2D eigenvalue weighted by atomic mass is 9.93. The molecule has 0 fully saturated rings. The van der Waals surface area contributed by atoms with Crippen molar-refractivity contribution in [2.75, 3.05) is 0 Å². The molecule has 0 spiro atoms. The number of aromatic carboxylic acids is 1. The van der Waals surface area contributed by atoms with E-state index in [-0.39, 0.29) is 23.9 Å². The fraction of sp³-hybridized carbons (Fsp3) is 0.294. The van der Waals surface area contributed by atoms with E-state index in [1.54, 1.807) is 24.5 Å². The van der Waals surface area contributed by atoms with Crippen molar-refractivity contribution in [3.63, 3.8) is 0 Å². The van der Waals surface area contributed by atoms with Crippen LogP contribution in [-0.4, -0.2) is 17.0 Å². The van der Waals surface area contributed by atoms with Gasteiger partial charge in [-0.15, -0.1) is 0 Å². The van der Waals surface area contributed by atoms with E-state index in [1.165, 1.54) is 6.07 Å². The zero-order valence-electron chi connectivity index (χ0n) is 12.0. The van der Waals surface area contributed by atoms with E-state index >= 15 is 0 Å². The highest BCUT2D eigenvalue weighted by Crippen LogP contribution is 2.30. The number of benzene rings is 1. The molecule has 1 aliphatic carbocycles. The third-order valence-corrected chi connectivity index (χ3v) is 3.99. The molecule has 5 nitrogen and oxygen atoms in total. The summed E-state index contributed by atoms with van der Waals surface area (Å²) in [6.07, 6.45) is 4.45. The molecule has 0 bridgehead atoms. The van der Waals surface area contributed by atoms with Gasteiger partial charge in [0.2, 0.25) is 5.91 Å². The third kappa shape index (κ3) is 2.88. The number of carbonyl (C=O) groups is 2. The van der Waals surface area contributed by atoms with Gasteiger partial charge in [-0.2, -0.15) is 0 Å². The molecule has 1 heterocycles. The van der Waals surface area contributed by atoms with Crippen LogP contribution in [0.15, 0.2) is 41.0 Å². The van der Waals surface area contributed by atoms with Crippen molar-refractivity contribution >= 4 is 11.9 Å². The van der Waals surface area contributed by atoms with Gasteiger partial charge < -0.3 is 14.8 Å². The zero-order valence-corrected chi connectivity index (χ0v) is 12.0. The Morgan fingerprint density at radius 2 is 2.09 bits per heavy atom. The summed E-state index contributed by atoms with van der Waals surface area (Å²) in [6, 6.07) is 8.43. The van der Waals surface area contributed by atoms with Gasteiger partial charge >= 0.3 is 5.97 Å². The Morgan fingerprint density at radius 1 is 1.27 bits per heavy atom. The monoisotopic (exact) mass is 299 g/mol. The van der Waals surface area contributed by atoms with Crippen LogP contribution >= 0.6 is 0 Å². The number of nitrogens with one attached hydrogen (secondary N) is 1. The summed E-state index contributed by atoms with van der Waals surface area (Å²) in [5.74, 6) is -0.256. The number of rotatable bonds is 4. The second-order valence-electron chi connectivity index (χ2n) is 5.45. The average Bonchev–Trinajstić information content (AvgIpc) is 2.97. The molecule has 0 saturated heterocycles. The molecule has 5 heteroatoms. The average molecular weight is 299 g/mol. The van der Waals surface area contributed by atoms with E-state index in [0.29, 0.717) is 5.56 Å². The van der Waals surface area contributed by atoms with E-state index in [2.05, 4.69) is 5.32 Å². The van der Waals surface area contributed by atoms with Crippen molar-refractivity contribution in [1.29, 1.82) is 0 Å². The van der Waals surface area contributed by atoms with Crippen LogP contribution in [0.25, 0.3) is 0 Å². The second-order valence-corrected chi connectivity index (χ2v) is 5.45. The van der Waals surface area contributed by atoms with Crippen LogP contribution in [0.5, 0.6) is 0 Å². The number of hydrogen-bond donors (Lipinski definition) is 2. The molecule has 114 valence electrons. The normalized spacial score (nSPS) is 16.8. The minimum absolute atomic E-state index is 0.0491. The Hall–Kier alpha value is -2.56. The Labute approximate surface area is 127 Å². The van der Waals surface area contributed by atoms with E-state index in [4.69, 9.17) is 9.52 Å². The predicted octanol–water partition coefficient (Wildman–Crippen LogP) is 2.71. The first kappa shape index (κ1) is 14.4. The Kier molecular flexibility index (Phi) is 3.96. The largest absolute Gasteiger partial charge is 0.478 e. The molecule has 2 N–H and O–H groups in total. The summed E-state index contributed by atoms with van der Waals surface area (Å²) in [5.41, 5.74) is 1.73. The van der Waals surface area contributed by atoms with Gasteiger partial charge in [-0.05, 0) is 30.5 Å². The van der Waals surface area contributed by atoms with Gasteiger partial charge in [-0.3, -0.25) is 4.79 Å². The topological polar surface area (TPSA) is 79.5 Å². The Bertz CT molecular complexity index is 704. The molecule has 1 atom stereocenters. The van der Waals surface area contributed by atoms with E-state index in [1.807, 2.05) is 6.07 Å². The fourth-order valence-electron chi connectivity index (χ4n) is 2.94. The van der Waals surface area contributed by atoms with Crippen LogP contribution < -0.4 is 5.32 Å². The third-order valence-electron chi connectivity index (χ3n) is 3.99. The van der Waals surface area contributed by atoms with Crippen molar-refractivity contribution in [3.8, 4) is 0 Å². The predicted molar refractivity (Wildman–Crippen MR) is 79.6 cm³/mol. The van der Waals surface area contributed by atoms with Crippen molar-refractivity contribution in [2.45, 2.75) is 31.7 Å². The number of carbonyl (C=O) groups excluding carboxylic acids is 1. The van der Waals surface area contributed by atoms with Gasteiger partial charge in [-0.25, -0.2) is 4.79 Å². The number of aryl methyl sites for hydroxylation is 1. The summed E-state index contributed by atoms with van der Waals surface area (Å²) in [4.78, 5) is 23.4. The number of fused-ring (bicyclic) bond motifs is 1. The van der Waals surface area contributed by atoms with Gasteiger partial charge in [0.05, 0.1) is 24.3 Å². The summed E-state index contributed by atoms with van der Waals surface area (Å²) in [6.45, 7) is 0. The standard InChI is InChI=1S/C17H17NO4/c19-16(10-11-4-1-2-5-12(11)17(20)21)18-14-6-3-7-15-13(14)8-9-22-15/h1-2,4-5,8-9,14H,3,6-7,10H2,(H,18,19)(H,20,21). The van der Waals surface area contributed by atoms with E-state index < -0.39 is 5.97 Å². The highest BCUT2D eigenvalue weighted by molar-refractivity contribution is 5.91. The summed E-state index contributed by atoms with van der Waals surface area (Å²) < 4.78 is 5.41. The molecule has 0 saturated carbocycles. The minimum Gasteiger partial charge on any atom is -0.478 e. The molecular weight excluding hydrogens is 282 g/mol. The number of carboxylic acids is 1. The molecule has 0 aliphatic heterocycles. The maximum atomic E-state index is 12.3. The lowest BCUT2D eigenvalue weighted by Gasteiger charge is -2.22. The van der Waals surface area contributed by atoms with Crippen LogP contribution in [0.1, 0.15) is 46.1 Å². The molecule has 1 aliphatic rings. The van der Waals surface area contributed by atoms with Crippen LogP contribution in [0, 0.1) is 0 Å². The quantitative estimate of drug-likeness (QED) is 0.909. The van der Waals surface area contributed by atoms with Gasteiger partial charge in [0.25, 0.3) is 0 Å². The van der Waals surface area contributed by atoms with Gasteiger partial charge in [-0.1, -0.05) is 18.2 Å². The highest BCUT2D eigenvalue weighted by atomic mass is 16.4. The molecule has 3 rings (SSSR count). The first-order valence-electron chi connectivity index (χ1n) is 7.32. The summed E-state index contributed by atoms with van der Waals surface area (Å²) in [5, 5.41) is 12.1. The number of carboxylic acid groups (broad SMARTS) is 1. The first-order chi connectivity index (χ1) is 10.6. The fourth-order valence-corrected chi connectivity index (χ4v) is 2.94. The number of furan rings is 1. The molecular formula is C17H17NO4. The van der Waals surface area contributed by atoms with E-state index in [9.17, 15) is 9.59 Å². The number of hydrogen-bond acceptors (Lipinski definition) is 3. The molecule has 1 aromatic heterocycles. The lowest BCUT2D eigenvalue weighted by molar-refractivity contribution is -0.121. The SMILES string of the molecule is O=C(Cc1ccccc1C(=O)O)NC1CCCc2occc21. The minimum atomic E-state index is -1.02. The van der Waals surface area contributed by atoms with E-state index in [0.717, 1.165) is 30.6 Å². The van der Waals surface area contributed by atoms with Crippen LogP contribution in [-0.2, 0) is 17.6 Å². The van der Waals surface area contributed by atoms with Crippen LogP contribution in [0.3, 0.4) is 0 Å². The molecule has 1 aromatic carbocycles. The van der Waals surface area contributed by atoms with Gasteiger partial charge in [0.15, 0.2) is 0 Å². The van der Waals surface area contributed by atoms with Gasteiger partial charge in [0, 0.05) is 12.0 Å². The van der Waals surface area contributed by atoms with Crippen molar-refractivity contribution in [1.82, 2.24) is 5.32 Å². The smallest absolute Gasteiger partial charge is 0.335 e. The second kappa shape index (κ2) is 6.05. The Balaban J connectivity index is 1.71. The van der Waals surface area contributed by atoms with Gasteiger partial charge in [0.1, 0.15) is 5.76 Å². The highest BCUT2D eigenvalue weighted by Gasteiger charge is 2.24. The lowest BCUT2D eigenvalue weighted by Crippen LogP contribution is -2.32. The zero-order chi connectivity index (χ0) is 15.5. The first-order valence-corrected chi connectivity index (χ1v) is 7.32. The number of amides is 1. The van der Waals surface area contributed by atoms with Crippen molar-refractivity contribution in [3.05, 3.63) is 59.0 Å². The van der Waals surface area contributed by atoms with Crippen LogP contribution in [0.2, 0.25) is 0 Å². The molecule has 1 amide bonds. The maximum Gasteiger partial charge on any atom is 0.335 e. The molecule has 22 heavy (non-hydrogen) atoms.